The Bertz CT molecular complexity index is 837. The van der Waals surface area contributed by atoms with Crippen LogP contribution in [0.4, 0.5) is 0 Å². The number of aromatic nitrogens is 2. The van der Waals surface area contributed by atoms with Gasteiger partial charge in [-0.1, -0.05) is 56.3 Å². The second-order valence-electron chi connectivity index (χ2n) is 6.44. The third-order valence-electron chi connectivity index (χ3n) is 4.22. The molecule has 3 rings (SSSR count). The van der Waals surface area contributed by atoms with Gasteiger partial charge in [0.2, 0.25) is 5.78 Å². The predicted octanol–water partition coefficient (Wildman–Crippen LogP) is 0.551. The molecule has 0 unspecified atom stereocenters. The normalized spacial score (nSPS) is 10.8. The summed E-state index contributed by atoms with van der Waals surface area (Å²) in [7, 11) is 2.09. The van der Waals surface area contributed by atoms with E-state index in [0.29, 0.717) is 12.5 Å². The van der Waals surface area contributed by atoms with Crippen LogP contribution in [0.25, 0.3) is 11.0 Å². The average Bonchev–Trinajstić information content (AvgIpc) is 2.81. The lowest BCUT2D eigenvalue weighted by molar-refractivity contribution is -0.654. The van der Waals surface area contributed by atoms with Crippen LogP contribution in [0.15, 0.2) is 54.6 Å². The van der Waals surface area contributed by atoms with Crippen molar-refractivity contribution in [1.82, 2.24) is 4.57 Å². The van der Waals surface area contributed by atoms with Crippen molar-refractivity contribution in [2.24, 2.45) is 13.0 Å². The minimum Gasteiger partial charge on any atom is -1.00 e. The highest BCUT2D eigenvalue weighted by atomic mass is 79.9. The molecule has 0 fully saturated rings. The molecule has 4 heteroatoms. The van der Waals surface area contributed by atoms with Gasteiger partial charge in [-0.3, -0.25) is 4.79 Å². The molecule has 0 aliphatic heterocycles. The first-order valence-electron chi connectivity index (χ1n) is 8.12. The van der Waals surface area contributed by atoms with Gasteiger partial charge in [0.05, 0.1) is 13.5 Å². The fraction of sp³-hybridized carbons (Fsp3) is 0.300. The Hall–Kier alpha value is -1.94. The average molecular weight is 387 g/mol. The zero-order chi connectivity index (χ0) is 16.4. The Morgan fingerprint density at radius 1 is 1.04 bits per heavy atom. The van der Waals surface area contributed by atoms with Gasteiger partial charge in [-0.05, 0) is 18.1 Å². The minimum atomic E-state index is 0. The number of para-hydroxylation sites is 2. The molecule has 0 N–H and O–H groups in total. The molecule has 0 bridgehead atoms. The molecule has 1 aromatic heterocycles. The van der Waals surface area contributed by atoms with Gasteiger partial charge in [-0.15, -0.1) is 0 Å². The number of carbonyl (C=O) groups is 1. The topological polar surface area (TPSA) is 25.9 Å². The smallest absolute Gasteiger partial charge is 0.257 e. The summed E-state index contributed by atoms with van der Waals surface area (Å²) in [6.07, 6.45) is 0.952. The maximum absolute atomic E-state index is 12.7. The second-order valence-corrected chi connectivity index (χ2v) is 6.44. The molecule has 0 aliphatic carbocycles. The van der Waals surface area contributed by atoms with Gasteiger partial charge in [-0.2, -0.15) is 0 Å². The molecule has 0 radical (unpaired) electrons. The van der Waals surface area contributed by atoms with Gasteiger partial charge in [0.1, 0.15) is 0 Å². The van der Waals surface area contributed by atoms with Gasteiger partial charge in [-0.25, -0.2) is 9.13 Å². The number of Topliss-reactive ketones (excluding diaryl/α,β-unsaturated/α-hetero) is 1. The van der Waals surface area contributed by atoms with E-state index in [9.17, 15) is 4.79 Å². The zero-order valence-electron chi connectivity index (χ0n) is 14.4. The summed E-state index contributed by atoms with van der Waals surface area (Å²) in [5, 5.41) is 0. The Kier molecular flexibility index (Phi) is 5.94. The van der Waals surface area contributed by atoms with Crippen molar-refractivity contribution in [3.63, 3.8) is 0 Å². The van der Waals surface area contributed by atoms with Crippen LogP contribution in [0.5, 0.6) is 0 Å². The molecule has 0 amide bonds. The van der Waals surface area contributed by atoms with E-state index in [1.807, 2.05) is 42.5 Å². The molecule has 1 heterocycles. The van der Waals surface area contributed by atoms with Crippen molar-refractivity contribution in [1.29, 1.82) is 0 Å². The first kappa shape index (κ1) is 18.4. The molecule has 0 atom stereocenters. The van der Waals surface area contributed by atoms with Gasteiger partial charge >= 0.3 is 0 Å². The number of fused-ring (bicyclic) bond motifs is 1. The van der Waals surface area contributed by atoms with Crippen LogP contribution in [0.2, 0.25) is 0 Å². The predicted molar refractivity (Wildman–Crippen MR) is 92.4 cm³/mol. The van der Waals surface area contributed by atoms with E-state index in [1.54, 1.807) is 0 Å². The molecule has 0 spiro atoms. The molecule has 3 aromatic rings. The molecular weight excluding hydrogens is 364 g/mol. The largest absolute Gasteiger partial charge is 1.00 e. The van der Waals surface area contributed by atoms with Crippen molar-refractivity contribution in [3.8, 4) is 0 Å². The highest BCUT2D eigenvalue weighted by Crippen LogP contribution is 2.17. The van der Waals surface area contributed by atoms with Crippen LogP contribution in [0.3, 0.4) is 0 Å². The summed E-state index contributed by atoms with van der Waals surface area (Å²) in [5.74, 6) is 1.89. The molecule has 126 valence electrons. The highest BCUT2D eigenvalue weighted by molar-refractivity contribution is 5.96. The van der Waals surface area contributed by atoms with E-state index in [4.69, 9.17) is 0 Å². The van der Waals surface area contributed by atoms with Crippen molar-refractivity contribution >= 4 is 16.8 Å². The van der Waals surface area contributed by atoms with Gasteiger partial charge in [0.25, 0.3) is 5.82 Å². The fourth-order valence-corrected chi connectivity index (χ4v) is 3.08. The maximum Gasteiger partial charge on any atom is 0.257 e. The van der Waals surface area contributed by atoms with Crippen LogP contribution in [0, 0.1) is 5.92 Å². The number of imidazole rings is 1. The SMILES string of the molecule is CC(C)Cc1n(CC(=O)c2ccccc2)c2ccccc2[n+]1C.[Br-]. The summed E-state index contributed by atoms with van der Waals surface area (Å²) in [6.45, 7) is 4.80. The van der Waals surface area contributed by atoms with E-state index >= 15 is 0 Å². The Labute approximate surface area is 153 Å². The van der Waals surface area contributed by atoms with Crippen molar-refractivity contribution < 1.29 is 26.3 Å². The summed E-state index contributed by atoms with van der Waals surface area (Å²) in [5.41, 5.74) is 3.06. The van der Waals surface area contributed by atoms with E-state index < -0.39 is 0 Å². The summed E-state index contributed by atoms with van der Waals surface area (Å²) in [4.78, 5) is 12.7. The molecule has 0 saturated carbocycles. The molecule has 3 nitrogen and oxygen atoms in total. The number of benzene rings is 2. The Morgan fingerprint density at radius 3 is 2.33 bits per heavy atom. The van der Waals surface area contributed by atoms with Crippen LogP contribution < -0.4 is 21.5 Å². The van der Waals surface area contributed by atoms with Crippen molar-refractivity contribution in [2.75, 3.05) is 0 Å². The number of aryl methyl sites for hydroxylation is 1. The van der Waals surface area contributed by atoms with Crippen molar-refractivity contribution in [2.45, 2.75) is 26.8 Å². The zero-order valence-corrected chi connectivity index (χ0v) is 16.0. The summed E-state index contributed by atoms with van der Waals surface area (Å²) >= 11 is 0. The number of carbonyl (C=O) groups excluding carboxylic acids is 1. The van der Waals surface area contributed by atoms with Crippen LogP contribution in [0.1, 0.15) is 30.0 Å². The van der Waals surface area contributed by atoms with Crippen LogP contribution >= 0.6 is 0 Å². The number of nitrogens with zero attached hydrogens (tertiary/aromatic N) is 2. The number of rotatable bonds is 5. The first-order valence-corrected chi connectivity index (χ1v) is 8.12. The summed E-state index contributed by atoms with van der Waals surface area (Å²) in [6, 6.07) is 17.8. The molecule has 0 aliphatic rings. The van der Waals surface area contributed by atoms with E-state index in [2.05, 4.69) is 42.2 Å². The van der Waals surface area contributed by atoms with Gasteiger partial charge in [0, 0.05) is 5.56 Å². The van der Waals surface area contributed by atoms with Crippen molar-refractivity contribution in [3.05, 3.63) is 66.0 Å². The van der Waals surface area contributed by atoms with E-state index in [1.165, 1.54) is 11.3 Å². The Morgan fingerprint density at radius 2 is 1.67 bits per heavy atom. The van der Waals surface area contributed by atoms with E-state index in [-0.39, 0.29) is 22.8 Å². The second kappa shape index (κ2) is 7.75. The maximum atomic E-state index is 12.7. The third-order valence-corrected chi connectivity index (χ3v) is 4.22. The van der Waals surface area contributed by atoms with Gasteiger partial charge in [0.15, 0.2) is 17.6 Å². The third kappa shape index (κ3) is 3.59. The van der Waals surface area contributed by atoms with Crippen LogP contribution in [-0.4, -0.2) is 10.4 Å². The lowest BCUT2D eigenvalue weighted by atomic mass is 10.1. The fourth-order valence-electron chi connectivity index (χ4n) is 3.08. The number of hydrogen-bond acceptors (Lipinski definition) is 1. The number of halogens is 1. The summed E-state index contributed by atoms with van der Waals surface area (Å²) < 4.78 is 4.39. The first-order chi connectivity index (χ1) is 11.1. The standard InChI is InChI=1S/C20H23N2O.BrH/c1-15(2)13-20-21(3)17-11-7-8-12-18(17)22(20)14-19(23)16-9-5-4-6-10-16;/h4-12,15H,13-14H2,1-3H3;1H/q+1;/p-1. The molecule has 2 aromatic carbocycles. The lowest BCUT2D eigenvalue weighted by Gasteiger charge is -2.05. The monoisotopic (exact) mass is 386 g/mol. The minimum absolute atomic E-state index is 0. The molecule has 24 heavy (non-hydrogen) atoms. The van der Waals surface area contributed by atoms with E-state index in [0.717, 1.165) is 17.5 Å². The quantitative estimate of drug-likeness (QED) is 0.464. The number of ketones is 1. The van der Waals surface area contributed by atoms with Gasteiger partial charge < -0.3 is 17.0 Å². The lowest BCUT2D eigenvalue weighted by Crippen LogP contribution is -3.00. The van der Waals surface area contributed by atoms with Crippen LogP contribution in [-0.2, 0) is 20.0 Å². The Balaban J connectivity index is 0.00000208. The molecule has 0 saturated heterocycles. The number of hydrogen-bond donors (Lipinski definition) is 0. The highest BCUT2D eigenvalue weighted by Gasteiger charge is 2.25. The molecular formula is C20H23BrN2O.